The minimum Gasteiger partial charge on any atom is -0.353 e. The Balaban J connectivity index is 1.40. The van der Waals surface area contributed by atoms with Crippen molar-refractivity contribution in [2.75, 3.05) is 6.54 Å². The molecule has 2 aliphatic carbocycles. The Morgan fingerprint density at radius 2 is 2.04 bits per heavy atom. The Morgan fingerprint density at radius 3 is 2.71 bits per heavy atom. The zero-order valence-corrected chi connectivity index (χ0v) is 14.8. The standard InChI is InChI=1S/C19H25ClN2O2/c1-12(16-11-13-6-7-14(16)10-13)22-18(23)8-9-21-19(24)15-4-2-3-5-17(15)20/h2-5,12-14,16H,6-11H2,1H3,(H,21,24)(H,22,23)/t12-,13-,14-,16+/m0/s1. The summed E-state index contributed by atoms with van der Waals surface area (Å²) in [7, 11) is 0. The van der Waals surface area contributed by atoms with E-state index in [1.54, 1.807) is 24.3 Å². The molecule has 0 spiro atoms. The van der Waals surface area contributed by atoms with Crippen molar-refractivity contribution in [1.82, 2.24) is 10.6 Å². The minimum absolute atomic E-state index is 0.00438. The first-order valence-electron chi connectivity index (χ1n) is 8.86. The Labute approximate surface area is 148 Å². The zero-order chi connectivity index (χ0) is 17.1. The number of halogens is 1. The van der Waals surface area contributed by atoms with E-state index < -0.39 is 0 Å². The van der Waals surface area contributed by atoms with Crippen molar-refractivity contribution < 1.29 is 9.59 Å². The Hall–Kier alpha value is -1.55. The molecule has 2 saturated carbocycles. The van der Waals surface area contributed by atoms with Crippen LogP contribution in [0.15, 0.2) is 24.3 Å². The van der Waals surface area contributed by atoms with E-state index in [0.717, 1.165) is 11.8 Å². The summed E-state index contributed by atoms with van der Waals surface area (Å²) in [6.45, 7) is 2.44. The second kappa shape index (κ2) is 7.56. The molecule has 0 heterocycles. The number of nitrogens with one attached hydrogen (secondary N) is 2. The molecule has 3 rings (SSSR count). The lowest BCUT2D eigenvalue weighted by atomic mass is 9.84. The highest BCUT2D eigenvalue weighted by Crippen LogP contribution is 2.49. The van der Waals surface area contributed by atoms with Crippen molar-refractivity contribution in [1.29, 1.82) is 0 Å². The molecule has 4 atom stereocenters. The number of rotatable bonds is 6. The van der Waals surface area contributed by atoms with E-state index in [-0.39, 0.29) is 17.9 Å². The molecule has 1 aromatic rings. The Bertz CT molecular complexity index is 619. The molecular weight excluding hydrogens is 324 g/mol. The highest BCUT2D eigenvalue weighted by Gasteiger charge is 2.42. The van der Waals surface area contributed by atoms with E-state index in [1.165, 1.54) is 25.7 Å². The van der Waals surface area contributed by atoms with Gasteiger partial charge in [0, 0.05) is 19.0 Å². The number of hydrogen-bond acceptors (Lipinski definition) is 2. The van der Waals surface area contributed by atoms with Crippen LogP contribution in [0.1, 0.15) is 49.4 Å². The molecule has 2 fully saturated rings. The summed E-state index contributed by atoms with van der Waals surface area (Å²) in [5.41, 5.74) is 0.440. The number of hydrogen-bond donors (Lipinski definition) is 2. The molecule has 0 aliphatic heterocycles. The van der Waals surface area contributed by atoms with Crippen LogP contribution in [-0.2, 0) is 4.79 Å². The third kappa shape index (κ3) is 3.92. The highest BCUT2D eigenvalue weighted by molar-refractivity contribution is 6.33. The Kier molecular flexibility index (Phi) is 5.44. The van der Waals surface area contributed by atoms with E-state index in [4.69, 9.17) is 11.6 Å². The lowest BCUT2D eigenvalue weighted by Gasteiger charge is -2.28. The molecular formula is C19H25ClN2O2. The summed E-state index contributed by atoms with van der Waals surface area (Å²) in [6, 6.07) is 7.13. The highest BCUT2D eigenvalue weighted by atomic mass is 35.5. The van der Waals surface area contributed by atoms with Crippen molar-refractivity contribution in [2.24, 2.45) is 17.8 Å². The smallest absolute Gasteiger partial charge is 0.252 e. The monoisotopic (exact) mass is 348 g/mol. The molecule has 5 heteroatoms. The SMILES string of the molecule is C[C@H](NC(=O)CCNC(=O)c1ccccc1Cl)[C@H]1C[C@H]2CC[C@H]1C2. The topological polar surface area (TPSA) is 58.2 Å². The summed E-state index contributed by atoms with van der Waals surface area (Å²) in [5, 5.41) is 6.29. The van der Waals surface area contributed by atoms with Gasteiger partial charge in [0.25, 0.3) is 5.91 Å². The molecule has 4 nitrogen and oxygen atoms in total. The normalized spacial score (nSPS) is 26.2. The van der Waals surface area contributed by atoms with Crippen LogP contribution >= 0.6 is 11.6 Å². The van der Waals surface area contributed by atoms with Crippen LogP contribution in [-0.4, -0.2) is 24.4 Å². The molecule has 2 aliphatic rings. The van der Waals surface area contributed by atoms with Gasteiger partial charge in [-0.1, -0.05) is 30.2 Å². The second-order valence-corrected chi connectivity index (χ2v) is 7.59. The summed E-state index contributed by atoms with van der Waals surface area (Å²) in [6.07, 6.45) is 5.59. The molecule has 0 radical (unpaired) electrons. The number of carbonyl (C=O) groups is 2. The maximum Gasteiger partial charge on any atom is 0.252 e. The van der Waals surface area contributed by atoms with E-state index in [2.05, 4.69) is 17.6 Å². The molecule has 2 bridgehead atoms. The van der Waals surface area contributed by atoms with Crippen molar-refractivity contribution in [3.63, 3.8) is 0 Å². The quantitative estimate of drug-likeness (QED) is 0.827. The first kappa shape index (κ1) is 17.3. The first-order chi connectivity index (χ1) is 11.5. The van der Waals surface area contributed by atoms with Gasteiger partial charge in [-0.2, -0.15) is 0 Å². The fourth-order valence-electron chi connectivity index (χ4n) is 4.37. The van der Waals surface area contributed by atoms with E-state index in [1.807, 2.05) is 0 Å². The number of fused-ring (bicyclic) bond motifs is 2. The van der Waals surface area contributed by atoms with Gasteiger partial charge in [0.1, 0.15) is 0 Å². The van der Waals surface area contributed by atoms with Gasteiger partial charge in [-0.3, -0.25) is 9.59 Å². The van der Waals surface area contributed by atoms with Gasteiger partial charge in [0.15, 0.2) is 0 Å². The fraction of sp³-hybridized carbons (Fsp3) is 0.579. The van der Waals surface area contributed by atoms with E-state index >= 15 is 0 Å². The summed E-state index contributed by atoms with van der Waals surface area (Å²) >= 11 is 5.99. The van der Waals surface area contributed by atoms with Gasteiger partial charge in [0.2, 0.25) is 5.91 Å². The molecule has 0 aromatic heterocycles. The summed E-state index contributed by atoms with van der Waals surface area (Å²) < 4.78 is 0. The van der Waals surface area contributed by atoms with Gasteiger partial charge in [-0.15, -0.1) is 0 Å². The van der Waals surface area contributed by atoms with E-state index in [0.29, 0.717) is 29.5 Å². The lowest BCUT2D eigenvalue weighted by Crippen LogP contribution is -2.41. The van der Waals surface area contributed by atoms with Gasteiger partial charge in [-0.25, -0.2) is 0 Å². The molecule has 24 heavy (non-hydrogen) atoms. The van der Waals surface area contributed by atoms with Gasteiger partial charge >= 0.3 is 0 Å². The zero-order valence-electron chi connectivity index (χ0n) is 14.1. The van der Waals surface area contributed by atoms with Gasteiger partial charge in [0.05, 0.1) is 10.6 Å². The lowest BCUT2D eigenvalue weighted by molar-refractivity contribution is -0.122. The maximum atomic E-state index is 12.1. The Morgan fingerprint density at radius 1 is 1.25 bits per heavy atom. The number of carbonyl (C=O) groups excluding carboxylic acids is 2. The average Bonchev–Trinajstić information content (AvgIpc) is 3.18. The van der Waals surface area contributed by atoms with Crippen molar-refractivity contribution in [3.05, 3.63) is 34.9 Å². The molecule has 0 unspecified atom stereocenters. The van der Waals surface area contributed by atoms with Gasteiger partial charge < -0.3 is 10.6 Å². The molecule has 0 saturated heterocycles. The predicted molar refractivity (Wildman–Crippen MR) is 94.9 cm³/mol. The molecule has 130 valence electrons. The van der Waals surface area contributed by atoms with Crippen LogP contribution in [0, 0.1) is 17.8 Å². The first-order valence-corrected chi connectivity index (χ1v) is 9.24. The summed E-state index contributed by atoms with van der Waals surface area (Å²) in [4.78, 5) is 24.2. The largest absolute Gasteiger partial charge is 0.353 e. The van der Waals surface area contributed by atoms with Crippen LogP contribution in [0.2, 0.25) is 5.02 Å². The fourth-order valence-corrected chi connectivity index (χ4v) is 4.59. The maximum absolute atomic E-state index is 12.1. The van der Waals surface area contributed by atoms with Crippen molar-refractivity contribution in [2.45, 2.75) is 45.1 Å². The third-order valence-electron chi connectivity index (χ3n) is 5.58. The van der Waals surface area contributed by atoms with Crippen LogP contribution in [0.3, 0.4) is 0 Å². The predicted octanol–water partition coefficient (Wildman–Crippen LogP) is 3.40. The number of amides is 2. The third-order valence-corrected chi connectivity index (χ3v) is 5.91. The van der Waals surface area contributed by atoms with Crippen molar-refractivity contribution >= 4 is 23.4 Å². The molecule has 2 amide bonds. The molecule has 2 N–H and O–H groups in total. The second-order valence-electron chi connectivity index (χ2n) is 7.18. The van der Waals surface area contributed by atoms with E-state index in [9.17, 15) is 9.59 Å². The van der Waals surface area contributed by atoms with Crippen LogP contribution < -0.4 is 10.6 Å². The number of benzene rings is 1. The minimum atomic E-state index is -0.241. The average molecular weight is 349 g/mol. The van der Waals surface area contributed by atoms with Gasteiger partial charge in [-0.05, 0) is 56.1 Å². The van der Waals surface area contributed by atoms with Crippen molar-refractivity contribution in [3.8, 4) is 0 Å². The van der Waals surface area contributed by atoms with Crippen LogP contribution in [0.4, 0.5) is 0 Å². The van der Waals surface area contributed by atoms with Crippen LogP contribution in [0.5, 0.6) is 0 Å². The molecule has 1 aromatic carbocycles. The van der Waals surface area contributed by atoms with Crippen LogP contribution in [0.25, 0.3) is 0 Å². The summed E-state index contributed by atoms with van der Waals surface area (Å²) in [5.74, 6) is 2.07.